The van der Waals surface area contributed by atoms with E-state index in [1.807, 2.05) is 42.7 Å². The third-order valence-corrected chi connectivity index (χ3v) is 3.14. The van der Waals surface area contributed by atoms with Crippen LogP contribution in [-0.2, 0) is 9.53 Å². The molecule has 5 nitrogen and oxygen atoms in total. The summed E-state index contributed by atoms with van der Waals surface area (Å²) in [5, 5.41) is 2.85. The molecule has 1 unspecified atom stereocenters. The first kappa shape index (κ1) is 13.5. The summed E-state index contributed by atoms with van der Waals surface area (Å²) in [6, 6.07) is 7.55. The first-order chi connectivity index (χ1) is 9.15. The molecule has 5 heteroatoms. The molecule has 2 rings (SSSR count). The molecular weight excluding hydrogens is 242 g/mol. The number of ether oxygens (including phenoxy) is 1. The predicted octanol–water partition coefficient (Wildman–Crippen LogP) is 1.67. The third kappa shape index (κ3) is 2.76. The number of nitrogens with zero attached hydrogens (tertiary/aromatic N) is 2. The van der Waals surface area contributed by atoms with E-state index in [9.17, 15) is 4.79 Å². The van der Waals surface area contributed by atoms with E-state index >= 15 is 0 Å². The summed E-state index contributed by atoms with van der Waals surface area (Å²) in [7, 11) is 1.61. The molecule has 0 spiro atoms. The van der Waals surface area contributed by atoms with Gasteiger partial charge >= 0.3 is 0 Å². The monoisotopic (exact) mass is 261 g/mol. The molecule has 0 bridgehead atoms. The SMILES string of the molecule is COCCNC(=O)C(C)n1c(C)nc2ccccc21. The van der Waals surface area contributed by atoms with Crippen molar-refractivity contribution < 1.29 is 9.53 Å². The van der Waals surface area contributed by atoms with Crippen molar-refractivity contribution in [2.45, 2.75) is 19.9 Å². The highest BCUT2D eigenvalue weighted by Gasteiger charge is 2.19. The lowest BCUT2D eigenvalue weighted by molar-refractivity contribution is -0.124. The maximum atomic E-state index is 12.1. The van der Waals surface area contributed by atoms with E-state index < -0.39 is 0 Å². The number of aryl methyl sites for hydroxylation is 1. The van der Waals surface area contributed by atoms with Crippen molar-refractivity contribution >= 4 is 16.9 Å². The van der Waals surface area contributed by atoms with Crippen LogP contribution in [0.5, 0.6) is 0 Å². The van der Waals surface area contributed by atoms with Crippen LogP contribution in [0.3, 0.4) is 0 Å². The lowest BCUT2D eigenvalue weighted by Gasteiger charge is -2.16. The number of hydrogen-bond acceptors (Lipinski definition) is 3. The second-order valence-electron chi connectivity index (χ2n) is 4.48. The molecule has 0 aliphatic carbocycles. The number of carbonyl (C=O) groups excluding carboxylic acids is 1. The van der Waals surface area contributed by atoms with Crippen LogP contribution in [0.4, 0.5) is 0 Å². The molecule has 0 saturated heterocycles. The Bertz CT molecular complexity index is 577. The van der Waals surface area contributed by atoms with Gasteiger partial charge in [-0.25, -0.2) is 4.98 Å². The molecule has 1 aromatic heterocycles. The molecule has 1 aromatic carbocycles. The largest absolute Gasteiger partial charge is 0.383 e. The first-order valence-electron chi connectivity index (χ1n) is 6.35. The van der Waals surface area contributed by atoms with E-state index in [1.54, 1.807) is 7.11 Å². The van der Waals surface area contributed by atoms with Crippen molar-refractivity contribution in [1.29, 1.82) is 0 Å². The molecule has 1 heterocycles. The Morgan fingerprint density at radius 1 is 1.47 bits per heavy atom. The zero-order valence-corrected chi connectivity index (χ0v) is 11.5. The summed E-state index contributed by atoms with van der Waals surface area (Å²) < 4.78 is 6.88. The van der Waals surface area contributed by atoms with Gasteiger partial charge in [-0.05, 0) is 26.0 Å². The van der Waals surface area contributed by atoms with Crippen molar-refractivity contribution in [3.05, 3.63) is 30.1 Å². The quantitative estimate of drug-likeness (QED) is 0.833. The van der Waals surface area contributed by atoms with Crippen LogP contribution in [0.2, 0.25) is 0 Å². The molecule has 2 aromatic rings. The van der Waals surface area contributed by atoms with Crippen molar-refractivity contribution in [3.63, 3.8) is 0 Å². The number of rotatable bonds is 5. The van der Waals surface area contributed by atoms with Gasteiger partial charge in [0.05, 0.1) is 17.6 Å². The molecule has 1 atom stereocenters. The van der Waals surface area contributed by atoms with Gasteiger partial charge in [-0.15, -0.1) is 0 Å². The van der Waals surface area contributed by atoms with Crippen LogP contribution in [0.25, 0.3) is 11.0 Å². The number of benzene rings is 1. The van der Waals surface area contributed by atoms with Crippen molar-refractivity contribution in [3.8, 4) is 0 Å². The van der Waals surface area contributed by atoms with E-state index in [2.05, 4.69) is 10.3 Å². The standard InChI is InChI=1S/C14H19N3O2/c1-10(14(18)15-8-9-19-3)17-11(2)16-12-6-4-5-7-13(12)17/h4-7,10H,8-9H2,1-3H3,(H,15,18). The molecule has 102 valence electrons. The predicted molar refractivity (Wildman–Crippen MR) is 74.1 cm³/mol. The number of carbonyl (C=O) groups is 1. The van der Waals surface area contributed by atoms with E-state index in [1.165, 1.54) is 0 Å². The lowest BCUT2D eigenvalue weighted by Crippen LogP contribution is -2.33. The smallest absolute Gasteiger partial charge is 0.242 e. The second kappa shape index (κ2) is 5.84. The van der Waals surface area contributed by atoms with Crippen LogP contribution >= 0.6 is 0 Å². The number of fused-ring (bicyclic) bond motifs is 1. The minimum Gasteiger partial charge on any atom is -0.383 e. The molecule has 0 aliphatic rings. The van der Waals surface area contributed by atoms with Crippen LogP contribution in [0.15, 0.2) is 24.3 Å². The highest BCUT2D eigenvalue weighted by atomic mass is 16.5. The van der Waals surface area contributed by atoms with Gasteiger partial charge in [0.25, 0.3) is 0 Å². The Kier molecular flexibility index (Phi) is 4.16. The van der Waals surface area contributed by atoms with Crippen LogP contribution in [0.1, 0.15) is 18.8 Å². The number of imidazole rings is 1. The summed E-state index contributed by atoms with van der Waals surface area (Å²) in [5.41, 5.74) is 1.89. The van der Waals surface area contributed by atoms with Crippen LogP contribution in [0, 0.1) is 6.92 Å². The highest BCUT2D eigenvalue weighted by molar-refractivity contribution is 5.84. The Labute approximate surface area is 112 Å². The maximum absolute atomic E-state index is 12.1. The van der Waals surface area contributed by atoms with E-state index in [4.69, 9.17) is 4.74 Å². The fourth-order valence-electron chi connectivity index (χ4n) is 2.20. The number of hydrogen-bond donors (Lipinski definition) is 1. The molecule has 0 aliphatic heterocycles. The van der Waals surface area contributed by atoms with Gasteiger partial charge in [0.15, 0.2) is 0 Å². The fraction of sp³-hybridized carbons (Fsp3) is 0.429. The van der Waals surface area contributed by atoms with Crippen molar-refractivity contribution in [1.82, 2.24) is 14.9 Å². The summed E-state index contributed by atoms with van der Waals surface area (Å²) >= 11 is 0. The van der Waals surface area contributed by atoms with Gasteiger partial charge < -0.3 is 14.6 Å². The van der Waals surface area contributed by atoms with Gasteiger partial charge in [-0.2, -0.15) is 0 Å². The summed E-state index contributed by atoms with van der Waals surface area (Å²) in [6.45, 7) is 4.83. The minimum absolute atomic E-state index is 0.0247. The number of methoxy groups -OCH3 is 1. The van der Waals surface area contributed by atoms with Crippen LogP contribution < -0.4 is 5.32 Å². The zero-order chi connectivity index (χ0) is 13.8. The zero-order valence-electron chi connectivity index (χ0n) is 11.5. The van der Waals surface area contributed by atoms with E-state index in [-0.39, 0.29) is 11.9 Å². The van der Waals surface area contributed by atoms with Gasteiger partial charge in [-0.1, -0.05) is 12.1 Å². The normalized spacial score (nSPS) is 12.6. The maximum Gasteiger partial charge on any atom is 0.242 e. The van der Waals surface area contributed by atoms with E-state index in [0.717, 1.165) is 16.9 Å². The third-order valence-electron chi connectivity index (χ3n) is 3.14. The topological polar surface area (TPSA) is 56.1 Å². The van der Waals surface area contributed by atoms with Gasteiger partial charge in [0, 0.05) is 13.7 Å². The Hall–Kier alpha value is -1.88. The molecule has 0 saturated carbocycles. The molecule has 0 fully saturated rings. The lowest BCUT2D eigenvalue weighted by atomic mass is 10.2. The average Bonchev–Trinajstić information content (AvgIpc) is 2.74. The van der Waals surface area contributed by atoms with Crippen LogP contribution in [-0.4, -0.2) is 35.7 Å². The summed E-state index contributed by atoms with van der Waals surface area (Å²) in [5.74, 6) is 0.818. The number of nitrogens with one attached hydrogen (secondary N) is 1. The van der Waals surface area contributed by atoms with Gasteiger partial charge in [0.2, 0.25) is 5.91 Å². The second-order valence-corrected chi connectivity index (χ2v) is 4.48. The van der Waals surface area contributed by atoms with Gasteiger partial charge in [-0.3, -0.25) is 4.79 Å². The fourth-order valence-corrected chi connectivity index (χ4v) is 2.20. The number of para-hydroxylation sites is 2. The van der Waals surface area contributed by atoms with E-state index in [0.29, 0.717) is 13.2 Å². The summed E-state index contributed by atoms with van der Waals surface area (Å²) in [4.78, 5) is 16.6. The Morgan fingerprint density at radius 3 is 2.95 bits per heavy atom. The molecule has 1 N–H and O–H groups in total. The number of aromatic nitrogens is 2. The summed E-state index contributed by atoms with van der Waals surface area (Å²) in [6.07, 6.45) is 0. The first-order valence-corrected chi connectivity index (χ1v) is 6.35. The average molecular weight is 261 g/mol. The Morgan fingerprint density at radius 2 is 2.21 bits per heavy atom. The minimum atomic E-state index is -0.288. The molecular formula is C14H19N3O2. The van der Waals surface area contributed by atoms with Gasteiger partial charge in [0.1, 0.15) is 11.9 Å². The molecule has 19 heavy (non-hydrogen) atoms. The van der Waals surface area contributed by atoms with Crippen molar-refractivity contribution in [2.24, 2.45) is 0 Å². The van der Waals surface area contributed by atoms with Crippen molar-refractivity contribution in [2.75, 3.05) is 20.3 Å². The highest BCUT2D eigenvalue weighted by Crippen LogP contribution is 2.20. The molecule has 1 amide bonds. The Balaban J connectivity index is 2.23. The number of amides is 1. The molecule has 0 radical (unpaired) electrons.